The Morgan fingerprint density at radius 1 is 1.41 bits per heavy atom. The van der Waals surface area contributed by atoms with E-state index in [4.69, 9.17) is 18.0 Å². The van der Waals surface area contributed by atoms with Gasteiger partial charge in [-0.1, -0.05) is 35.7 Å². The van der Waals surface area contributed by atoms with Crippen molar-refractivity contribution in [2.45, 2.75) is 6.54 Å². The van der Waals surface area contributed by atoms with Crippen molar-refractivity contribution in [1.29, 1.82) is 0 Å². The lowest BCUT2D eigenvalue weighted by Crippen LogP contribution is -2.36. The number of hydrogen-bond acceptors (Lipinski definition) is 1. The van der Waals surface area contributed by atoms with Crippen LogP contribution in [0.25, 0.3) is 0 Å². The Hall–Kier alpha value is -0.930. The van der Waals surface area contributed by atoms with E-state index >= 15 is 0 Å². The van der Waals surface area contributed by atoms with Crippen LogP contribution < -0.4 is 10.6 Å². The van der Waals surface area contributed by atoms with Crippen LogP contribution in [0.15, 0.2) is 29.3 Å². The average Bonchev–Trinajstić information content (AvgIpc) is 2.31. The van der Waals surface area contributed by atoms with E-state index in [1.54, 1.807) is 7.05 Å². The van der Waals surface area contributed by atoms with E-state index in [0.29, 0.717) is 19.0 Å². The van der Waals surface area contributed by atoms with Crippen LogP contribution in [0, 0.1) is 12.3 Å². The Bertz CT molecular complexity index is 412. The fourth-order valence-electron chi connectivity index (χ4n) is 1.18. The topological polar surface area (TPSA) is 36.4 Å². The van der Waals surface area contributed by atoms with E-state index in [-0.39, 0.29) is 24.0 Å². The van der Waals surface area contributed by atoms with Crippen molar-refractivity contribution in [2.24, 2.45) is 4.99 Å². The van der Waals surface area contributed by atoms with Crippen LogP contribution >= 0.6 is 35.6 Å². The molecule has 0 atom stereocenters. The molecule has 0 bridgehead atoms. The second-order valence-corrected chi connectivity index (χ2v) is 3.48. The first-order valence-corrected chi connectivity index (χ1v) is 5.27. The summed E-state index contributed by atoms with van der Waals surface area (Å²) in [5, 5.41) is 6.83. The number of rotatable bonds is 3. The first kappa shape index (κ1) is 16.1. The van der Waals surface area contributed by atoms with E-state index in [1.807, 2.05) is 24.3 Å². The fourth-order valence-corrected chi connectivity index (χ4v) is 1.38. The summed E-state index contributed by atoms with van der Waals surface area (Å²) in [5.74, 6) is 3.15. The van der Waals surface area contributed by atoms with Crippen LogP contribution in [0.5, 0.6) is 0 Å². The number of aliphatic imine (C=N–C) groups is 1. The van der Waals surface area contributed by atoms with Gasteiger partial charge in [-0.2, -0.15) is 0 Å². The first-order chi connectivity index (χ1) is 7.77. The number of nitrogens with zero attached hydrogens (tertiary/aromatic N) is 1. The Morgan fingerprint density at radius 2 is 2.12 bits per heavy atom. The first-order valence-electron chi connectivity index (χ1n) is 4.89. The number of nitrogens with one attached hydrogen (secondary N) is 2. The quantitative estimate of drug-likeness (QED) is 0.374. The van der Waals surface area contributed by atoms with Crippen molar-refractivity contribution >= 4 is 41.5 Å². The van der Waals surface area contributed by atoms with Crippen molar-refractivity contribution < 1.29 is 0 Å². The zero-order valence-electron chi connectivity index (χ0n) is 9.53. The van der Waals surface area contributed by atoms with Gasteiger partial charge in [-0.15, -0.1) is 30.4 Å². The highest BCUT2D eigenvalue weighted by Crippen LogP contribution is 2.13. The van der Waals surface area contributed by atoms with Gasteiger partial charge in [0.15, 0.2) is 5.96 Å². The highest BCUT2D eigenvalue weighted by atomic mass is 127. The normalized spacial score (nSPS) is 10.1. The summed E-state index contributed by atoms with van der Waals surface area (Å²) in [5.41, 5.74) is 1.02. The van der Waals surface area contributed by atoms with E-state index in [1.165, 1.54) is 0 Å². The Balaban J connectivity index is 0.00000256. The van der Waals surface area contributed by atoms with Gasteiger partial charge in [0.2, 0.25) is 0 Å². The van der Waals surface area contributed by atoms with Gasteiger partial charge in [0.05, 0.1) is 6.54 Å². The largest absolute Gasteiger partial charge is 0.352 e. The molecule has 0 aliphatic carbocycles. The van der Waals surface area contributed by atoms with Gasteiger partial charge >= 0.3 is 0 Å². The molecule has 0 heterocycles. The summed E-state index contributed by atoms with van der Waals surface area (Å²) >= 11 is 6.02. The Kier molecular flexibility index (Phi) is 8.64. The van der Waals surface area contributed by atoms with E-state index < -0.39 is 0 Å². The maximum absolute atomic E-state index is 6.02. The van der Waals surface area contributed by atoms with Crippen LogP contribution in [0.3, 0.4) is 0 Å². The van der Waals surface area contributed by atoms with Crippen molar-refractivity contribution in [3.8, 4) is 12.3 Å². The molecule has 17 heavy (non-hydrogen) atoms. The van der Waals surface area contributed by atoms with Gasteiger partial charge in [0.1, 0.15) is 0 Å². The van der Waals surface area contributed by atoms with E-state index in [2.05, 4.69) is 21.5 Å². The highest BCUT2D eigenvalue weighted by Gasteiger charge is 2.00. The van der Waals surface area contributed by atoms with Crippen molar-refractivity contribution in [3.63, 3.8) is 0 Å². The number of benzene rings is 1. The van der Waals surface area contributed by atoms with Gasteiger partial charge in [-0.3, -0.25) is 4.99 Å². The minimum Gasteiger partial charge on any atom is -0.352 e. The minimum absolute atomic E-state index is 0. The molecule has 0 saturated heterocycles. The summed E-state index contributed by atoms with van der Waals surface area (Å²) in [6.45, 7) is 1.06. The molecule has 5 heteroatoms. The number of halogens is 2. The molecule has 0 fully saturated rings. The minimum atomic E-state index is 0. The molecule has 1 aromatic carbocycles. The third-order valence-electron chi connectivity index (χ3n) is 1.99. The third-order valence-corrected chi connectivity index (χ3v) is 2.35. The molecule has 0 aromatic heterocycles. The molecule has 92 valence electrons. The lowest BCUT2D eigenvalue weighted by atomic mass is 10.2. The number of guanidine groups is 1. The standard InChI is InChI=1S/C12H14ClN3.HI/c1-3-8-15-12(14-2)16-9-10-6-4-5-7-11(10)13;/h1,4-7H,8-9H2,2H3,(H2,14,15,16);1H. The molecule has 3 nitrogen and oxygen atoms in total. The van der Waals surface area contributed by atoms with Crippen LogP contribution in [0.1, 0.15) is 5.56 Å². The molecule has 1 aromatic rings. The van der Waals surface area contributed by atoms with Gasteiger partial charge in [-0.25, -0.2) is 0 Å². The lowest BCUT2D eigenvalue weighted by Gasteiger charge is -2.10. The maximum atomic E-state index is 6.02. The summed E-state index contributed by atoms with van der Waals surface area (Å²) in [7, 11) is 1.69. The monoisotopic (exact) mass is 363 g/mol. The second kappa shape index (κ2) is 9.14. The predicted molar refractivity (Wildman–Crippen MR) is 83.9 cm³/mol. The summed E-state index contributed by atoms with van der Waals surface area (Å²) < 4.78 is 0. The molecule has 0 unspecified atom stereocenters. The second-order valence-electron chi connectivity index (χ2n) is 3.07. The number of hydrogen-bond donors (Lipinski definition) is 2. The third kappa shape index (κ3) is 5.80. The summed E-state index contributed by atoms with van der Waals surface area (Å²) in [4.78, 5) is 4.03. The fraction of sp³-hybridized carbons (Fsp3) is 0.250. The van der Waals surface area contributed by atoms with E-state index in [9.17, 15) is 0 Å². The molecule has 0 aliphatic heterocycles. The van der Waals surface area contributed by atoms with E-state index in [0.717, 1.165) is 10.6 Å². The van der Waals surface area contributed by atoms with Gasteiger partial charge < -0.3 is 10.6 Å². The van der Waals surface area contributed by atoms with Crippen molar-refractivity contribution in [1.82, 2.24) is 10.6 Å². The maximum Gasteiger partial charge on any atom is 0.192 e. The summed E-state index contributed by atoms with van der Waals surface area (Å²) in [6, 6.07) is 7.66. The molecular formula is C12H15ClIN3. The Labute approximate surface area is 124 Å². The lowest BCUT2D eigenvalue weighted by molar-refractivity contribution is 0.851. The predicted octanol–water partition coefficient (Wildman–Crippen LogP) is 2.26. The average molecular weight is 364 g/mol. The van der Waals surface area contributed by atoms with Gasteiger partial charge in [0, 0.05) is 18.6 Å². The molecule has 2 N–H and O–H groups in total. The van der Waals surface area contributed by atoms with Crippen LogP contribution in [-0.2, 0) is 6.54 Å². The molecule has 1 rings (SSSR count). The van der Waals surface area contributed by atoms with Crippen molar-refractivity contribution in [3.05, 3.63) is 34.9 Å². The molecule has 0 spiro atoms. The van der Waals surface area contributed by atoms with Crippen LogP contribution in [0.4, 0.5) is 0 Å². The smallest absolute Gasteiger partial charge is 0.192 e. The highest BCUT2D eigenvalue weighted by molar-refractivity contribution is 14.0. The molecular weight excluding hydrogens is 349 g/mol. The Morgan fingerprint density at radius 3 is 2.71 bits per heavy atom. The van der Waals surface area contributed by atoms with Crippen molar-refractivity contribution in [2.75, 3.05) is 13.6 Å². The molecule has 0 saturated carbocycles. The SMILES string of the molecule is C#CCNC(=NC)NCc1ccccc1Cl.I. The zero-order valence-corrected chi connectivity index (χ0v) is 12.6. The zero-order chi connectivity index (χ0) is 11.8. The van der Waals surface area contributed by atoms with Gasteiger partial charge in [0.25, 0.3) is 0 Å². The van der Waals surface area contributed by atoms with Gasteiger partial charge in [-0.05, 0) is 11.6 Å². The molecule has 0 radical (unpaired) electrons. The van der Waals surface area contributed by atoms with Crippen LogP contribution in [0.2, 0.25) is 5.02 Å². The van der Waals surface area contributed by atoms with Crippen LogP contribution in [-0.4, -0.2) is 19.6 Å². The summed E-state index contributed by atoms with van der Waals surface area (Å²) in [6.07, 6.45) is 5.15. The molecule has 0 aliphatic rings. The molecule has 0 amide bonds. The number of terminal acetylenes is 1.